The number of nitrogens with one attached hydrogen (secondary N) is 1. The number of para-hydroxylation sites is 1. The van der Waals surface area contributed by atoms with E-state index < -0.39 is 12.2 Å². The number of carbonyl (C=O) groups excluding carboxylic acids is 2. The lowest BCUT2D eigenvalue weighted by Gasteiger charge is -2.36. The molecule has 2 aromatic heterocycles. The van der Waals surface area contributed by atoms with Crippen LogP contribution in [-0.4, -0.2) is 46.0 Å². The van der Waals surface area contributed by atoms with E-state index in [0.717, 1.165) is 16.5 Å². The van der Waals surface area contributed by atoms with Gasteiger partial charge in [0.25, 0.3) is 5.91 Å². The topological polar surface area (TPSA) is 103 Å². The van der Waals surface area contributed by atoms with Crippen molar-refractivity contribution >= 4 is 28.4 Å². The number of aromatic nitrogens is 2. The van der Waals surface area contributed by atoms with Gasteiger partial charge in [-0.3, -0.25) is 19.1 Å². The highest BCUT2D eigenvalue weighted by molar-refractivity contribution is 6.02. The minimum atomic E-state index is -0.680. The zero-order valence-corrected chi connectivity index (χ0v) is 19.3. The first-order valence-electron chi connectivity index (χ1n) is 11.5. The maximum atomic E-state index is 13.1. The second-order valence-electron chi connectivity index (χ2n) is 8.21. The second-order valence-corrected chi connectivity index (χ2v) is 8.21. The van der Waals surface area contributed by atoms with Crippen LogP contribution in [0, 0.1) is 5.92 Å². The number of hydrogen-bond donors (Lipinski definition) is 2. The molecule has 0 aliphatic carbocycles. The molecule has 34 heavy (non-hydrogen) atoms. The van der Waals surface area contributed by atoms with E-state index in [4.69, 9.17) is 9.47 Å². The number of fused-ring (bicyclic) bond motifs is 1. The summed E-state index contributed by atoms with van der Waals surface area (Å²) >= 11 is 0. The van der Waals surface area contributed by atoms with E-state index in [-0.39, 0.29) is 30.1 Å². The van der Waals surface area contributed by atoms with Crippen molar-refractivity contribution in [3.05, 3.63) is 72.4 Å². The first-order valence-corrected chi connectivity index (χ1v) is 11.5. The molecule has 4 rings (SSSR count). The number of benzene rings is 1. The van der Waals surface area contributed by atoms with Crippen LogP contribution >= 0.6 is 0 Å². The predicted octanol–water partition coefficient (Wildman–Crippen LogP) is 4.08. The average molecular weight is 464 g/mol. The molecule has 178 valence electrons. The van der Waals surface area contributed by atoms with Gasteiger partial charge in [0.1, 0.15) is 0 Å². The number of anilines is 1. The molecule has 1 aliphatic rings. The Kier molecular flexibility index (Phi) is 7.40. The molecule has 2 N–H and O–H groups in total. The molecule has 0 saturated heterocycles. The molecule has 1 aliphatic heterocycles. The number of aliphatic hydroxyl groups is 1. The molecular formula is C26H29N3O5. The molecule has 0 fully saturated rings. The summed E-state index contributed by atoms with van der Waals surface area (Å²) in [4.78, 5) is 29.5. The highest BCUT2D eigenvalue weighted by Gasteiger charge is 2.39. The first kappa shape index (κ1) is 23.7. The lowest BCUT2D eigenvalue weighted by molar-refractivity contribution is -0.164. The van der Waals surface area contributed by atoms with Crippen LogP contribution in [0.4, 0.5) is 5.69 Å². The largest absolute Gasteiger partial charge is 0.459 e. The van der Waals surface area contributed by atoms with Crippen LogP contribution in [0.15, 0.2) is 66.8 Å². The van der Waals surface area contributed by atoms with Crippen LogP contribution in [0.3, 0.4) is 0 Å². The molecular weight excluding hydrogens is 434 g/mol. The number of carbonyl (C=O) groups is 2. The number of hydrogen-bond acceptors (Lipinski definition) is 6. The fourth-order valence-electron chi connectivity index (χ4n) is 4.48. The quantitative estimate of drug-likeness (QED) is 0.522. The molecule has 0 radical (unpaired) electrons. The second kappa shape index (κ2) is 10.6. The lowest BCUT2D eigenvalue weighted by atomic mass is 9.80. The van der Waals surface area contributed by atoms with Crippen molar-refractivity contribution in [1.82, 2.24) is 9.55 Å². The Labute approximate surface area is 198 Å². The molecule has 0 spiro atoms. The van der Waals surface area contributed by atoms with Gasteiger partial charge in [-0.05, 0) is 49.6 Å². The van der Waals surface area contributed by atoms with Crippen molar-refractivity contribution in [1.29, 1.82) is 0 Å². The fourth-order valence-corrected chi connectivity index (χ4v) is 4.48. The van der Waals surface area contributed by atoms with Gasteiger partial charge in [-0.25, -0.2) is 0 Å². The molecule has 0 saturated carbocycles. The normalized spacial score (nSPS) is 20.0. The Morgan fingerprint density at radius 2 is 2.06 bits per heavy atom. The van der Waals surface area contributed by atoms with Crippen LogP contribution in [0.25, 0.3) is 10.9 Å². The summed E-state index contributed by atoms with van der Waals surface area (Å²) in [7, 11) is 0. The summed E-state index contributed by atoms with van der Waals surface area (Å²) in [5.41, 5.74) is 2.27. The third-order valence-electron chi connectivity index (χ3n) is 6.00. The van der Waals surface area contributed by atoms with E-state index in [1.807, 2.05) is 37.4 Å². The van der Waals surface area contributed by atoms with E-state index in [0.29, 0.717) is 25.1 Å². The number of pyridine rings is 1. The highest BCUT2D eigenvalue weighted by Crippen LogP contribution is 2.42. The van der Waals surface area contributed by atoms with E-state index in [1.54, 1.807) is 35.2 Å². The summed E-state index contributed by atoms with van der Waals surface area (Å²) < 4.78 is 13.6. The number of allylic oxidation sites excluding steroid dienone is 1. The van der Waals surface area contributed by atoms with Crippen molar-refractivity contribution in [3.63, 3.8) is 0 Å². The van der Waals surface area contributed by atoms with Crippen molar-refractivity contribution in [2.45, 2.75) is 38.9 Å². The van der Waals surface area contributed by atoms with Crippen molar-refractivity contribution in [2.75, 3.05) is 18.5 Å². The van der Waals surface area contributed by atoms with Gasteiger partial charge in [0.05, 0.1) is 17.4 Å². The van der Waals surface area contributed by atoms with Gasteiger partial charge < -0.3 is 19.9 Å². The van der Waals surface area contributed by atoms with Crippen molar-refractivity contribution < 1.29 is 24.2 Å². The van der Waals surface area contributed by atoms with Crippen LogP contribution < -0.4 is 5.32 Å². The van der Waals surface area contributed by atoms with E-state index in [1.165, 1.54) is 6.92 Å². The number of amides is 1. The van der Waals surface area contributed by atoms with Gasteiger partial charge in [-0.2, -0.15) is 0 Å². The smallest absolute Gasteiger partial charge is 0.290 e. The Hall–Kier alpha value is -3.49. The van der Waals surface area contributed by atoms with E-state index >= 15 is 0 Å². The molecule has 1 amide bonds. The van der Waals surface area contributed by atoms with Crippen LogP contribution in [0.5, 0.6) is 0 Å². The van der Waals surface area contributed by atoms with Gasteiger partial charge in [0, 0.05) is 49.8 Å². The summed E-state index contributed by atoms with van der Waals surface area (Å²) in [6.07, 6.45) is 7.33. The van der Waals surface area contributed by atoms with Crippen LogP contribution in [0.1, 0.15) is 43.0 Å². The summed E-state index contributed by atoms with van der Waals surface area (Å²) in [6, 6.07) is 11.2. The van der Waals surface area contributed by atoms with Gasteiger partial charge in [-0.1, -0.05) is 18.2 Å². The lowest BCUT2D eigenvalue weighted by Crippen LogP contribution is -2.37. The van der Waals surface area contributed by atoms with Crippen molar-refractivity contribution in [2.24, 2.45) is 5.92 Å². The molecule has 3 heterocycles. The Bertz CT molecular complexity index is 1190. The Balaban J connectivity index is 1.80. The standard InChI is InChI=1S/C26H29N3O5/c1-3-33-26-20(10-7-13-30)21(14-24(34-26)25(32)28-18-8-6-12-27-15-18)22-16-29(17(2)31)23-11-5-4-9-19(22)23/h4-6,8-9,11-12,14-16,20-21,26,30H,3,7,10,13H2,1-2H3,(H,28,32)/t20-,21-,26+/m1/s1. The van der Waals surface area contributed by atoms with Crippen LogP contribution in [0.2, 0.25) is 0 Å². The number of rotatable bonds is 8. The first-order chi connectivity index (χ1) is 16.5. The molecule has 8 nitrogen and oxygen atoms in total. The van der Waals surface area contributed by atoms with Crippen LogP contribution in [-0.2, 0) is 14.3 Å². The maximum Gasteiger partial charge on any atom is 0.290 e. The molecule has 3 atom stereocenters. The minimum absolute atomic E-state index is 0.0370. The van der Waals surface area contributed by atoms with Gasteiger partial charge in [0.2, 0.25) is 12.2 Å². The van der Waals surface area contributed by atoms with Gasteiger partial charge >= 0.3 is 0 Å². The summed E-state index contributed by atoms with van der Waals surface area (Å²) in [5.74, 6) is -0.780. The molecule has 8 heteroatoms. The fraction of sp³-hybridized carbons (Fsp3) is 0.346. The monoisotopic (exact) mass is 463 g/mol. The van der Waals surface area contributed by atoms with Crippen molar-refractivity contribution in [3.8, 4) is 0 Å². The zero-order valence-electron chi connectivity index (χ0n) is 19.3. The number of aliphatic hydroxyl groups excluding tert-OH is 1. The average Bonchev–Trinajstić information content (AvgIpc) is 3.23. The third-order valence-corrected chi connectivity index (χ3v) is 6.00. The summed E-state index contributed by atoms with van der Waals surface area (Å²) in [5, 5.41) is 13.3. The molecule has 0 bridgehead atoms. The number of ether oxygens (including phenoxy) is 2. The molecule has 3 aromatic rings. The SMILES string of the molecule is CCO[C@H]1OC(C(=O)Nc2cccnc2)=C[C@@H](c2cn(C(C)=O)c3ccccc23)[C@H]1CCCO. The molecule has 1 aromatic carbocycles. The third kappa shape index (κ3) is 4.88. The van der Waals surface area contributed by atoms with E-state index in [2.05, 4.69) is 10.3 Å². The van der Waals surface area contributed by atoms with Gasteiger partial charge in [-0.15, -0.1) is 0 Å². The van der Waals surface area contributed by atoms with E-state index in [9.17, 15) is 14.7 Å². The Morgan fingerprint density at radius 3 is 2.76 bits per heavy atom. The number of nitrogens with zero attached hydrogens (tertiary/aromatic N) is 2. The molecule has 0 unspecified atom stereocenters. The zero-order chi connectivity index (χ0) is 24.1. The predicted molar refractivity (Wildman–Crippen MR) is 128 cm³/mol. The highest BCUT2D eigenvalue weighted by atomic mass is 16.7. The Morgan fingerprint density at radius 1 is 1.24 bits per heavy atom. The summed E-state index contributed by atoms with van der Waals surface area (Å²) in [6.45, 7) is 3.83. The van der Waals surface area contributed by atoms with Gasteiger partial charge in [0.15, 0.2) is 5.76 Å². The minimum Gasteiger partial charge on any atom is -0.459 e. The maximum absolute atomic E-state index is 13.1.